The molecule has 5 nitrogen and oxygen atoms in total. The molecule has 1 aromatic carbocycles. The fraction of sp³-hybridized carbons (Fsp3) is 0.438. The molecule has 0 saturated carbocycles. The van der Waals surface area contributed by atoms with Crippen LogP contribution in [-0.2, 0) is 5.75 Å². The van der Waals surface area contributed by atoms with Crippen molar-refractivity contribution in [3.8, 4) is 0 Å². The molecule has 22 heavy (non-hydrogen) atoms. The van der Waals surface area contributed by atoms with Crippen LogP contribution in [0.2, 0.25) is 0 Å². The SMILES string of the molecule is Cc1noc(CSc2ccc(C(=O)NCCC(C)C)cc2)n1. The standard InChI is InChI=1S/C16H21N3O2S/c1-11(2)8-9-17-16(20)13-4-6-14(7-5-13)22-10-15-18-12(3)19-21-15/h4-7,11H,8-10H2,1-3H3,(H,17,20). The monoisotopic (exact) mass is 319 g/mol. The van der Waals surface area contributed by atoms with Crippen LogP contribution in [0.5, 0.6) is 0 Å². The number of carbonyl (C=O) groups excluding carboxylic acids is 1. The molecule has 0 atom stereocenters. The third-order valence-corrected chi connectivity index (χ3v) is 4.05. The molecule has 0 aliphatic heterocycles. The van der Waals surface area contributed by atoms with Crippen LogP contribution < -0.4 is 5.32 Å². The maximum atomic E-state index is 12.0. The van der Waals surface area contributed by atoms with Gasteiger partial charge in [-0.3, -0.25) is 4.79 Å². The zero-order valence-corrected chi connectivity index (χ0v) is 13.9. The van der Waals surface area contributed by atoms with E-state index >= 15 is 0 Å². The third kappa shape index (κ3) is 5.18. The predicted molar refractivity (Wildman–Crippen MR) is 86.8 cm³/mol. The highest BCUT2D eigenvalue weighted by atomic mass is 32.2. The van der Waals surface area contributed by atoms with E-state index in [-0.39, 0.29) is 5.91 Å². The highest BCUT2D eigenvalue weighted by Crippen LogP contribution is 2.22. The molecule has 1 heterocycles. The first-order valence-electron chi connectivity index (χ1n) is 7.35. The third-order valence-electron chi connectivity index (χ3n) is 3.06. The number of nitrogens with one attached hydrogen (secondary N) is 1. The number of nitrogens with zero attached hydrogens (tertiary/aromatic N) is 2. The first kappa shape index (κ1) is 16.5. The highest BCUT2D eigenvalue weighted by molar-refractivity contribution is 7.98. The van der Waals surface area contributed by atoms with Crippen molar-refractivity contribution < 1.29 is 9.32 Å². The van der Waals surface area contributed by atoms with Crippen LogP contribution in [-0.4, -0.2) is 22.6 Å². The van der Waals surface area contributed by atoms with Crippen molar-refractivity contribution in [1.29, 1.82) is 0 Å². The Kier molecular flexibility index (Phi) is 6.00. The van der Waals surface area contributed by atoms with Crippen LogP contribution in [0.3, 0.4) is 0 Å². The molecule has 0 aliphatic rings. The molecule has 118 valence electrons. The molecule has 2 rings (SSSR count). The zero-order valence-electron chi connectivity index (χ0n) is 13.1. The van der Waals surface area contributed by atoms with Crippen molar-refractivity contribution in [3.63, 3.8) is 0 Å². The van der Waals surface area contributed by atoms with E-state index < -0.39 is 0 Å². The Labute approximate surface area is 134 Å². The molecule has 0 saturated heterocycles. The van der Waals surface area contributed by atoms with E-state index in [0.29, 0.717) is 35.5 Å². The molecule has 1 amide bonds. The molecule has 0 fully saturated rings. The van der Waals surface area contributed by atoms with Gasteiger partial charge in [0, 0.05) is 17.0 Å². The lowest BCUT2D eigenvalue weighted by atomic mass is 10.1. The Morgan fingerprint density at radius 3 is 2.64 bits per heavy atom. The van der Waals surface area contributed by atoms with Gasteiger partial charge in [-0.1, -0.05) is 19.0 Å². The quantitative estimate of drug-likeness (QED) is 0.792. The van der Waals surface area contributed by atoms with Gasteiger partial charge in [0.05, 0.1) is 5.75 Å². The molecule has 6 heteroatoms. The van der Waals surface area contributed by atoms with E-state index in [9.17, 15) is 4.79 Å². The molecule has 2 aromatic rings. The van der Waals surface area contributed by atoms with Crippen molar-refractivity contribution in [3.05, 3.63) is 41.5 Å². The number of aromatic nitrogens is 2. The van der Waals surface area contributed by atoms with Crippen LogP contribution in [0.1, 0.15) is 42.3 Å². The van der Waals surface area contributed by atoms with Crippen molar-refractivity contribution in [2.24, 2.45) is 5.92 Å². The van der Waals surface area contributed by atoms with E-state index in [2.05, 4.69) is 29.3 Å². The summed E-state index contributed by atoms with van der Waals surface area (Å²) in [7, 11) is 0. The Bertz CT molecular complexity index is 608. The predicted octanol–water partition coefficient (Wildman–Crippen LogP) is 3.45. The summed E-state index contributed by atoms with van der Waals surface area (Å²) in [5.74, 6) is 2.44. The molecule has 0 spiro atoms. The van der Waals surface area contributed by atoms with E-state index in [1.165, 1.54) is 0 Å². The minimum Gasteiger partial charge on any atom is -0.352 e. The van der Waals surface area contributed by atoms with Crippen LogP contribution in [0, 0.1) is 12.8 Å². The summed E-state index contributed by atoms with van der Waals surface area (Å²) in [5, 5.41) is 6.69. The number of amides is 1. The Balaban J connectivity index is 1.83. The molecule has 0 unspecified atom stereocenters. The summed E-state index contributed by atoms with van der Waals surface area (Å²) in [6.07, 6.45) is 0.989. The zero-order chi connectivity index (χ0) is 15.9. The number of rotatable bonds is 7. The second-order valence-electron chi connectivity index (χ2n) is 5.49. The van der Waals surface area contributed by atoms with Gasteiger partial charge in [0.1, 0.15) is 0 Å². The normalized spacial score (nSPS) is 10.9. The summed E-state index contributed by atoms with van der Waals surface area (Å²) in [6, 6.07) is 7.55. The van der Waals surface area contributed by atoms with Gasteiger partial charge in [-0.2, -0.15) is 4.98 Å². The molecule has 1 N–H and O–H groups in total. The lowest BCUT2D eigenvalue weighted by Crippen LogP contribution is -2.25. The Morgan fingerprint density at radius 2 is 2.05 bits per heavy atom. The van der Waals surface area contributed by atoms with Crippen molar-refractivity contribution in [2.75, 3.05) is 6.54 Å². The molecule has 0 radical (unpaired) electrons. The smallest absolute Gasteiger partial charge is 0.251 e. The number of hydrogen-bond acceptors (Lipinski definition) is 5. The minimum atomic E-state index is -0.0234. The Hall–Kier alpha value is -1.82. The maximum Gasteiger partial charge on any atom is 0.251 e. The summed E-state index contributed by atoms with van der Waals surface area (Å²) >= 11 is 1.60. The average molecular weight is 319 g/mol. The van der Waals surface area contributed by atoms with Crippen molar-refractivity contribution in [1.82, 2.24) is 15.5 Å². The average Bonchev–Trinajstić information content (AvgIpc) is 2.91. The number of benzene rings is 1. The molecule has 1 aromatic heterocycles. The topological polar surface area (TPSA) is 68.0 Å². The fourth-order valence-corrected chi connectivity index (χ4v) is 2.56. The van der Waals surface area contributed by atoms with Crippen molar-refractivity contribution >= 4 is 17.7 Å². The highest BCUT2D eigenvalue weighted by Gasteiger charge is 2.07. The lowest BCUT2D eigenvalue weighted by molar-refractivity contribution is 0.0952. The van der Waals surface area contributed by atoms with Crippen LogP contribution in [0.4, 0.5) is 0 Å². The number of thioether (sulfide) groups is 1. The van der Waals surface area contributed by atoms with E-state index in [4.69, 9.17) is 4.52 Å². The molecule has 0 aliphatic carbocycles. The van der Waals surface area contributed by atoms with Gasteiger partial charge in [-0.05, 0) is 43.5 Å². The van der Waals surface area contributed by atoms with Gasteiger partial charge in [-0.15, -0.1) is 11.8 Å². The van der Waals surface area contributed by atoms with Gasteiger partial charge in [-0.25, -0.2) is 0 Å². The first-order chi connectivity index (χ1) is 10.5. The van der Waals surface area contributed by atoms with Crippen LogP contribution in [0.25, 0.3) is 0 Å². The van der Waals surface area contributed by atoms with Crippen LogP contribution >= 0.6 is 11.8 Å². The molecule has 0 bridgehead atoms. The van der Waals surface area contributed by atoms with Gasteiger partial charge in [0.2, 0.25) is 5.89 Å². The summed E-state index contributed by atoms with van der Waals surface area (Å²) in [6.45, 7) is 6.79. The van der Waals surface area contributed by atoms with Gasteiger partial charge in [0.15, 0.2) is 5.82 Å². The first-order valence-corrected chi connectivity index (χ1v) is 8.33. The largest absolute Gasteiger partial charge is 0.352 e. The number of hydrogen-bond donors (Lipinski definition) is 1. The minimum absolute atomic E-state index is 0.0234. The van der Waals surface area contributed by atoms with Gasteiger partial charge < -0.3 is 9.84 Å². The van der Waals surface area contributed by atoms with Gasteiger partial charge >= 0.3 is 0 Å². The summed E-state index contributed by atoms with van der Waals surface area (Å²) < 4.78 is 5.07. The van der Waals surface area contributed by atoms with Gasteiger partial charge in [0.25, 0.3) is 5.91 Å². The van der Waals surface area contributed by atoms with E-state index in [1.807, 2.05) is 24.3 Å². The molecular formula is C16H21N3O2S. The van der Waals surface area contributed by atoms with E-state index in [0.717, 1.165) is 11.3 Å². The summed E-state index contributed by atoms with van der Waals surface area (Å²) in [4.78, 5) is 17.2. The molecular weight excluding hydrogens is 298 g/mol. The van der Waals surface area contributed by atoms with E-state index in [1.54, 1.807) is 18.7 Å². The number of carbonyl (C=O) groups is 1. The second kappa shape index (κ2) is 7.98. The lowest BCUT2D eigenvalue weighted by Gasteiger charge is -2.07. The summed E-state index contributed by atoms with van der Waals surface area (Å²) in [5.41, 5.74) is 0.682. The fourth-order valence-electron chi connectivity index (χ4n) is 1.82. The maximum absolute atomic E-state index is 12.0. The van der Waals surface area contributed by atoms with Crippen molar-refractivity contribution in [2.45, 2.75) is 37.8 Å². The number of aryl methyl sites for hydroxylation is 1. The second-order valence-corrected chi connectivity index (χ2v) is 6.54. The Morgan fingerprint density at radius 1 is 1.32 bits per heavy atom. The van der Waals surface area contributed by atoms with Crippen LogP contribution in [0.15, 0.2) is 33.7 Å².